The van der Waals surface area contributed by atoms with Crippen molar-refractivity contribution in [2.45, 2.75) is 13.5 Å². The molecule has 0 atom stereocenters. The van der Waals surface area contributed by atoms with Crippen LogP contribution in [0, 0.1) is 5.82 Å². The molecule has 33 heavy (non-hydrogen) atoms. The number of aromatic amines is 1. The molecular formula is C24H19ClFN3O4. The van der Waals surface area contributed by atoms with Gasteiger partial charge in [-0.1, -0.05) is 35.9 Å². The molecule has 0 saturated carbocycles. The van der Waals surface area contributed by atoms with Crippen LogP contribution < -0.4 is 20.7 Å². The van der Waals surface area contributed by atoms with E-state index in [2.05, 4.69) is 10.1 Å². The first-order valence-corrected chi connectivity index (χ1v) is 10.5. The molecule has 3 aromatic carbocycles. The van der Waals surface area contributed by atoms with Crippen LogP contribution >= 0.6 is 11.6 Å². The molecule has 0 aliphatic rings. The Morgan fingerprint density at radius 3 is 2.70 bits per heavy atom. The van der Waals surface area contributed by atoms with Crippen molar-refractivity contribution in [2.75, 3.05) is 6.61 Å². The second kappa shape index (κ2) is 9.70. The Bertz CT molecular complexity index is 1460. The predicted octanol–water partition coefficient (Wildman–Crippen LogP) is 4.34. The quantitative estimate of drug-likeness (QED) is 0.410. The Labute approximate surface area is 192 Å². The first kappa shape index (κ1) is 22.3. The van der Waals surface area contributed by atoms with Gasteiger partial charge in [-0.15, -0.1) is 4.68 Å². The topological polar surface area (TPSA) is 85.7 Å². The van der Waals surface area contributed by atoms with Gasteiger partial charge in [-0.2, -0.15) is 5.10 Å². The smallest absolute Gasteiger partial charge is 0.349 e. The third kappa shape index (κ3) is 4.96. The summed E-state index contributed by atoms with van der Waals surface area (Å²) in [5.41, 5.74) is 0.341. The molecule has 0 amide bonds. The minimum Gasteiger partial charge on any atom is -0.490 e. The lowest BCUT2D eigenvalue weighted by atomic mass is 10.2. The monoisotopic (exact) mass is 467 g/mol. The van der Waals surface area contributed by atoms with Gasteiger partial charge in [-0.3, -0.25) is 4.79 Å². The second-order valence-corrected chi connectivity index (χ2v) is 7.43. The molecule has 0 radical (unpaired) electrons. The van der Waals surface area contributed by atoms with Crippen molar-refractivity contribution in [1.82, 2.24) is 9.66 Å². The van der Waals surface area contributed by atoms with Gasteiger partial charge in [-0.25, -0.2) is 9.18 Å². The first-order valence-electron chi connectivity index (χ1n) is 10.1. The minimum atomic E-state index is -0.666. The fraction of sp³-hybridized carbons (Fsp3) is 0.125. The number of nitrogens with zero attached hydrogens (tertiary/aromatic N) is 2. The Morgan fingerprint density at radius 1 is 1.09 bits per heavy atom. The largest absolute Gasteiger partial charge is 0.490 e. The number of rotatable bonds is 7. The Balaban J connectivity index is 1.65. The highest BCUT2D eigenvalue weighted by Gasteiger charge is 2.13. The number of hydrogen-bond acceptors (Lipinski definition) is 5. The molecule has 0 fully saturated rings. The van der Waals surface area contributed by atoms with E-state index < -0.39 is 11.2 Å². The van der Waals surface area contributed by atoms with Gasteiger partial charge in [0.1, 0.15) is 12.4 Å². The van der Waals surface area contributed by atoms with Crippen LogP contribution in [0.4, 0.5) is 4.39 Å². The number of benzene rings is 3. The fourth-order valence-corrected chi connectivity index (χ4v) is 3.50. The van der Waals surface area contributed by atoms with Crippen molar-refractivity contribution in [1.29, 1.82) is 0 Å². The zero-order valence-electron chi connectivity index (χ0n) is 17.5. The zero-order valence-corrected chi connectivity index (χ0v) is 18.3. The van der Waals surface area contributed by atoms with E-state index in [1.165, 1.54) is 18.3 Å². The Morgan fingerprint density at radius 2 is 1.91 bits per heavy atom. The maximum atomic E-state index is 13.4. The van der Waals surface area contributed by atoms with Gasteiger partial charge in [0.25, 0.3) is 5.56 Å². The summed E-state index contributed by atoms with van der Waals surface area (Å²) in [6.07, 6.45) is 1.33. The summed E-state index contributed by atoms with van der Waals surface area (Å²) in [7, 11) is 0. The van der Waals surface area contributed by atoms with Crippen LogP contribution in [0.3, 0.4) is 0 Å². The van der Waals surface area contributed by atoms with Crippen molar-refractivity contribution in [2.24, 2.45) is 5.10 Å². The predicted molar refractivity (Wildman–Crippen MR) is 125 cm³/mol. The maximum absolute atomic E-state index is 13.4. The summed E-state index contributed by atoms with van der Waals surface area (Å²) in [6, 6.07) is 15.9. The van der Waals surface area contributed by atoms with Gasteiger partial charge in [0, 0.05) is 0 Å². The van der Waals surface area contributed by atoms with Gasteiger partial charge in [-0.05, 0) is 54.4 Å². The highest BCUT2D eigenvalue weighted by molar-refractivity contribution is 6.32. The highest BCUT2D eigenvalue weighted by atomic mass is 35.5. The van der Waals surface area contributed by atoms with Crippen LogP contribution in [0.2, 0.25) is 5.02 Å². The van der Waals surface area contributed by atoms with Crippen LogP contribution in [-0.4, -0.2) is 22.5 Å². The minimum absolute atomic E-state index is 0.0901. The lowest BCUT2D eigenvalue weighted by Crippen LogP contribution is -2.32. The molecule has 0 bridgehead atoms. The molecule has 168 valence electrons. The molecule has 9 heteroatoms. The normalized spacial score (nSPS) is 11.2. The summed E-state index contributed by atoms with van der Waals surface area (Å²) in [5, 5.41) is 4.61. The number of aromatic nitrogens is 2. The van der Waals surface area contributed by atoms with Crippen LogP contribution in [0.15, 0.2) is 75.4 Å². The van der Waals surface area contributed by atoms with Crippen LogP contribution in [0.1, 0.15) is 18.1 Å². The van der Waals surface area contributed by atoms with Gasteiger partial charge >= 0.3 is 5.69 Å². The van der Waals surface area contributed by atoms with E-state index in [1.54, 1.807) is 55.5 Å². The van der Waals surface area contributed by atoms with E-state index in [4.69, 9.17) is 21.1 Å². The van der Waals surface area contributed by atoms with E-state index in [-0.39, 0.29) is 17.4 Å². The van der Waals surface area contributed by atoms with E-state index in [1.807, 2.05) is 0 Å². The number of fused-ring (bicyclic) bond motifs is 1. The number of para-hydroxylation sites is 1. The summed E-state index contributed by atoms with van der Waals surface area (Å²) in [5.74, 6) is 0.279. The van der Waals surface area contributed by atoms with E-state index in [0.717, 1.165) is 4.68 Å². The molecular weight excluding hydrogens is 449 g/mol. The lowest BCUT2D eigenvalue weighted by Gasteiger charge is -2.14. The highest BCUT2D eigenvalue weighted by Crippen LogP contribution is 2.37. The van der Waals surface area contributed by atoms with Gasteiger partial charge in [0.15, 0.2) is 11.5 Å². The molecule has 0 saturated heterocycles. The number of hydrogen-bond donors (Lipinski definition) is 1. The number of ether oxygens (including phenoxy) is 2. The molecule has 0 unspecified atom stereocenters. The zero-order chi connectivity index (χ0) is 23.4. The SMILES string of the molecule is CCOc1cc(C=Nn2c(=O)[nH]c3ccccc3c2=O)cc(Cl)c1OCc1cccc(F)c1. The van der Waals surface area contributed by atoms with Crippen molar-refractivity contribution < 1.29 is 13.9 Å². The molecule has 7 nitrogen and oxygen atoms in total. The Kier molecular flexibility index (Phi) is 6.55. The summed E-state index contributed by atoms with van der Waals surface area (Å²) in [4.78, 5) is 27.6. The van der Waals surface area contributed by atoms with Crippen molar-refractivity contribution >= 4 is 28.7 Å². The van der Waals surface area contributed by atoms with E-state index >= 15 is 0 Å². The fourth-order valence-electron chi connectivity index (χ4n) is 3.23. The molecule has 1 aromatic heterocycles. The average Bonchev–Trinajstić information content (AvgIpc) is 2.78. The molecule has 0 aliphatic heterocycles. The summed E-state index contributed by atoms with van der Waals surface area (Å²) in [6.45, 7) is 2.24. The molecule has 4 aromatic rings. The van der Waals surface area contributed by atoms with Crippen LogP contribution in [0.5, 0.6) is 11.5 Å². The van der Waals surface area contributed by atoms with Crippen molar-refractivity contribution in [3.05, 3.63) is 103 Å². The van der Waals surface area contributed by atoms with Crippen molar-refractivity contribution in [3.8, 4) is 11.5 Å². The summed E-state index contributed by atoms with van der Waals surface area (Å²) < 4.78 is 25.6. The number of H-pyrrole nitrogens is 1. The van der Waals surface area contributed by atoms with Gasteiger partial charge in [0.2, 0.25) is 0 Å². The van der Waals surface area contributed by atoms with Crippen LogP contribution in [0.25, 0.3) is 10.9 Å². The third-order valence-corrected chi connectivity index (χ3v) is 4.99. The Hall–Kier alpha value is -3.91. The standard InChI is InChI=1S/C24H19ClFN3O4/c1-2-32-21-12-16(11-19(25)22(21)33-14-15-6-5-7-17(26)10-15)13-27-29-23(30)18-8-3-4-9-20(18)28-24(29)31/h3-13H,2,14H2,1H3,(H,28,31). The molecule has 4 rings (SSSR count). The summed E-state index contributed by atoms with van der Waals surface area (Å²) >= 11 is 6.41. The molecule has 0 aliphatic carbocycles. The number of nitrogens with one attached hydrogen (secondary N) is 1. The van der Waals surface area contributed by atoms with E-state index in [9.17, 15) is 14.0 Å². The van der Waals surface area contributed by atoms with Gasteiger partial charge < -0.3 is 14.5 Å². The average molecular weight is 468 g/mol. The van der Waals surface area contributed by atoms with Crippen LogP contribution in [-0.2, 0) is 6.61 Å². The molecule has 1 heterocycles. The molecule has 1 N–H and O–H groups in total. The number of halogens is 2. The van der Waals surface area contributed by atoms with Gasteiger partial charge in [0.05, 0.1) is 28.7 Å². The van der Waals surface area contributed by atoms with Crippen molar-refractivity contribution in [3.63, 3.8) is 0 Å². The lowest BCUT2D eigenvalue weighted by molar-refractivity contribution is 0.269. The van der Waals surface area contributed by atoms with E-state index in [0.29, 0.717) is 40.1 Å². The second-order valence-electron chi connectivity index (χ2n) is 7.02. The maximum Gasteiger partial charge on any atom is 0.349 e. The first-order chi connectivity index (χ1) is 16.0. The molecule has 0 spiro atoms. The third-order valence-electron chi connectivity index (χ3n) is 4.71.